The van der Waals surface area contributed by atoms with E-state index in [1.807, 2.05) is 37.9 Å². The van der Waals surface area contributed by atoms with Gasteiger partial charge in [0.2, 0.25) is 0 Å². The molecule has 1 aliphatic carbocycles. The van der Waals surface area contributed by atoms with Crippen LogP contribution in [0.1, 0.15) is 39.2 Å². The van der Waals surface area contributed by atoms with Gasteiger partial charge in [-0.25, -0.2) is 9.78 Å². The maximum Gasteiger partial charge on any atom is 0.410 e. The standard InChI is InChI=1S/C17H25N3O2/c1-11-5-6-18-15(7-11)19-14-9-13-8-12(14)10-20(13)16(21)22-17(2,3)4/h5-7,12-14H,8-10H2,1-4H3,(H,18,19). The summed E-state index contributed by atoms with van der Waals surface area (Å²) in [5, 5.41) is 3.53. The van der Waals surface area contributed by atoms with Gasteiger partial charge in [-0.3, -0.25) is 0 Å². The molecule has 1 amide bonds. The van der Waals surface area contributed by atoms with E-state index in [1.54, 1.807) is 0 Å². The molecule has 3 atom stereocenters. The molecule has 2 heterocycles. The van der Waals surface area contributed by atoms with Gasteiger partial charge < -0.3 is 15.0 Å². The highest BCUT2D eigenvalue weighted by molar-refractivity contribution is 5.69. The first-order valence-electron chi connectivity index (χ1n) is 8.00. The second kappa shape index (κ2) is 5.45. The maximum atomic E-state index is 12.2. The highest BCUT2D eigenvalue weighted by atomic mass is 16.6. The number of rotatable bonds is 2. The van der Waals surface area contributed by atoms with E-state index in [0.29, 0.717) is 18.0 Å². The van der Waals surface area contributed by atoms with Gasteiger partial charge in [-0.05, 0) is 64.2 Å². The average molecular weight is 303 g/mol. The minimum absolute atomic E-state index is 0.174. The Labute approximate surface area is 132 Å². The quantitative estimate of drug-likeness (QED) is 0.911. The van der Waals surface area contributed by atoms with Crippen LogP contribution >= 0.6 is 0 Å². The Morgan fingerprint density at radius 1 is 1.41 bits per heavy atom. The number of fused-ring (bicyclic) bond motifs is 2. The Balaban J connectivity index is 1.59. The van der Waals surface area contributed by atoms with Crippen molar-refractivity contribution in [1.82, 2.24) is 9.88 Å². The van der Waals surface area contributed by atoms with E-state index in [9.17, 15) is 4.79 Å². The first-order valence-corrected chi connectivity index (χ1v) is 8.00. The van der Waals surface area contributed by atoms with Crippen molar-refractivity contribution in [2.24, 2.45) is 5.92 Å². The van der Waals surface area contributed by atoms with Gasteiger partial charge in [0.15, 0.2) is 0 Å². The fraction of sp³-hybridized carbons (Fsp3) is 0.647. The Morgan fingerprint density at radius 3 is 2.77 bits per heavy atom. The van der Waals surface area contributed by atoms with Crippen LogP contribution in [-0.2, 0) is 4.74 Å². The van der Waals surface area contributed by atoms with Crippen molar-refractivity contribution >= 4 is 11.9 Å². The molecule has 1 aromatic rings. The third-order valence-corrected chi connectivity index (χ3v) is 4.42. The summed E-state index contributed by atoms with van der Waals surface area (Å²) in [6.45, 7) is 8.58. The van der Waals surface area contributed by atoms with Gasteiger partial charge in [-0.15, -0.1) is 0 Å². The molecule has 1 saturated heterocycles. The normalized spacial score (nSPS) is 27.1. The molecule has 5 heteroatoms. The third-order valence-electron chi connectivity index (χ3n) is 4.42. The molecule has 1 aromatic heterocycles. The molecule has 1 saturated carbocycles. The van der Waals surface area contributed by atoms with Crippen molar-refractivity contribution in [1.29, 1.82) is 0 Å². The van der Waals surface area contributed by atoms with E-state index in [1.165, 1.54) is 5.56 Å². The molecule has 2 aliphatic rings. The molecule has 2 fully saturated rings. The molecule has 1 N–H and O–H groups in total. The topological polar surface area (TPSA) is 54.5 Å². The fourth-order valence-electron chi connectivity index (χ4n) is 3.48. The lowest BCUT2D eigenvalue weighted by Gasteiger charge is -2.33. The molecule has 120 valence electrons. The number of aromatic nitrogens is 1. The molecule has 3 rings (SSSR count). The predicted octanol–water partition coefficient (Wildman–Crippen LogP) is 3.20. The van der Waals surface area contributed by atoms with Gasteiger partial charge in [0, 0.05) is 24.8 Å². The molecule has 2 bridgehead atoms. The van der Waals surface area contributed by atoms with E-state index in [-0.39, 0.29) is 6.09 Å². The number of carbonyl (C=O) groups is 1. The zero-order valence-corrected chi connectivity index (χ0v) is 13.8. The lowest BCUT2D eigenvalue weighted by Crippen LogP contribution is -2.45. The van der Waals surface area contributed by atoms with Crippen molar-refractivity contribution in [2.75, 3.05) is 11.9 Å². The second-order valence-corrected chi connectivity index (χ2v) is 7.49. The largest absolute Gasteiger partial charge is 0.444 e. The SMILES string of the molecule is Cc1ccnc(NC2CC3CC2CN3C(=O)OC(C)(C)C)c1. The Kier molecular flexibility index (Phi) is 3.75. The van der Waals surface area contributed by atoms with Crippen LogP contribution in [-0.4, -0.2) is 40.2 Å². The summed E-state index contributed by atoms with van der Waals surface area (Å²) < 4.78 is 5.50. The number of nitrogens with one attached hydrogen (secondary N) is 1. The van der Waals surface area contributed by atoms with Gasteiger partial charge in [-0.1, -0.05) is 0 Å². The molecule has 0 radical (unpaired) electrons. The minimum Gasteiger partial charge on any atom is -0.444 e. The van der Waals surface area contributed by atoms with Crippen LogP contribution in [0.25, 0.3) is 0 Å². The predicted molar refractivity (Wildman–Crippen MR) is 85.8 cm³/mol. The van der Waals surface area contributed by atoms with E-state index in [4.69, 9.17) is 4.74 Å². The monoisotopic (exact) mass is 303 g/mol. The van der Waals surface area contributed by atoms with Crippen molar-refractivity contribution < 1.29 is 9.53 Å². The number of piperidine rings is 1. The number of hydrogen-bond donors (Lipinski definition) is 1. The van der Waals surface area contributed by atoms with Crippen LogP contribution in [0.4, 0.5) is 10.6 Å². The van der Waals surface area contributed by atoms with Gasteiger partial charge in [0.25, 0.3) is 0 Å². The number of ether oxygens (including phenoxy) is 1. The van der Waals surface area contributed by atoms with Crippen molar-refractivity contribution in [3.05, 3.63) is 23.9 Å². The number of aryl methyl sites for hydroxylation is 1. The zero-order chi connectivity index (χ0) is 15.9. The fourth-order valence-corrected chi connectivity index (χ4v) is 3.48. The lowest BCUT2D eigenvalue weighted by molar-refractivity contribution is 0.0186. The van der Waals surface area contributed by atoms with Crippen LogP contribution in [0.5, 0.6) is 0 Å². The maximum absolute atomic E-state index is 12.2. The van der Waals surface area contributed by atoms with Crippen molar-refractivity contribution in [3.8, 4) is 0 Å². The first-order chi connectivity index (χ1) is 10.3. The second-order valence-electron chi connectivity index (χ2n) is 7.49. The third kappa shape index (κ3) is 3.18. The molecule has 5 nitrogen and oxygen atoms in total. The summed E-state index contributed by atoms with van der Waals surface area (Å²) in [6, 6.07) is 4.76. The van der Waals surface area contributed by atoms with E-state index in [0.717, 1.165) is 25.2 Å². The molecule has 3 unspecified atom stereocenters. The summed E-state index contributed by atoms with van der Waals surface area (Å²) in [7, 11) is 0. The van der Waals surface area contributed by atoms with Crippen LogP contribution in [0.3, 0.4) is 0 Å². The highest BCUT2D eigenvalue weighted by Crippen LogP contribution is 2.39. The number of hydrogen-bond acceptors (Lipinski definition) is 4. The van der Waals surface area contributed by atoms with Crippen LogP contribution in [0, 0.1) is 12.8 Å². The van der Waals surface area contributed by atoms with Gasteiger partial charge >= 0.3 is 6.09 Å². The number of anilines is 1. The van der Waals surface area contributed by atoms with Gasteiger partial charge in [-0.2, -0.15) is 0 Å². The summed E-state index contributed by atoms with van der Waals surface area (Å²) in [6.07, 6.45) is 3.69. The Morgan fingerprint density at radius 2 is 2.18 bits per heavy atom. The summed E-state index contributed by atoms with van der Waals surface area (Å²) >= 11 is 0. The van der Waals surface area contributed by atoms with Crippen molar-refractivity contribution in [3.63, 3.8) is 0 Å². The van der Waals surface area contributed by atoms with Crippen LogP contribution in [0.15, 0.2) is 18.3 Å². The molecular weight excluding hydrogens is 278 g/mol. The van der Waals surface area contributed by atoms with Gasteiger partial charge in [0.1, 0.15) is 11.4 Å². The van der Waals surface area contributed by atoms with Crippen LogP contribution in [0.2, 0.25) is 0 Å². The van der Waals surface area contributed by atoms with Crippen LogP contribution < -0.4 is 5.32 Å². The molecular formula is C17H25N3O2. The summed E-state index contributed by atoms with van der Waals surface area (Å²) in [5.41, 5.74) is 0.776. The number of carbonyl (C=O) groups excluding carboxylic acids is 1. The summed E-state index contributed by atoms with van der Waals surface area (Å²) in [5.74, 6) is 1.42. The number of nitrogens with zero attached hydrogens (tertiary/aromatic N) is 2. The summed E-state index contributed by atoms with van der Waals surface area (Å²) in [4.78, 5) is 18.5. The smallest absolute Gasteiger partial charge is 0.410 e. The average Bonchev–Trinajstić information content (AvgIpc) is 2.96. The van der Waals surface area contributed by atoms with Crippen molar-refractivity contribution in [2.45, 2.75) is 58.2 Å². The minimum atomic E-state index is -0.429. The van der Waals surface area contributed by atoms with E-state index in [2.05, 4.69) is 23.3 Å². The number of amides is 1. The van der Waals surface area contributed by atoms with E-state index < -0.39 is 5.60 Å². The Hall–Kier alpha value is -1.78. The van der Waals surface area contributed by atoms with Gasteiger partial charge in [0.05, 0.1) is 0 Å². The first kappa shape index (κ1) is 15.1. The lowest BCUT2D eigenvalue weighted by atomic mass is 10.0. The number of likely N-dealkylation sites (tertiary alicyclic amines) is 1. The molecule has 0 aromatic carbocycles. The zero-order valence-electron chi connectivity index (χ0n) is 13.8. The Bertz CT molecular complexity index is 567. The molecule has 0 spiro atoms. The number of pyridine rings is 1. The van der Waals surface area contributed by atoms with E-state index >= 15 is 0 Å². The molecule has 1 aliphatic heterocycles. The highest BCUT2D eigenvalue weighted by Gasteiger charge is 2.47. The molecule has 22 heavy (non-hydrogen) atoms.